The minimum absolute atomic E-state index is 0.493. The molecule has 0 aromatic rings. The van der Waals surface area contributed by atoms with Crippen LogP contribution in [0.25, 0.3) is 0 Å². The number of rotatable bonds is 2. The molecule has 3 nitrogen and oxygen atoms in total. The summed E-state index contributed by atoms with van der Waals surface area (Å²) in [4.78, 5) is 0. The minimum Gasteiger partial charge on any atom is -0.393 e. The van der Waals surface area contributed by atoms with E-state index in [9.17, 15) is 0 Å². The lowest BCUT2D eigenvalue weighted by molar-refractivity contribution is 1.26. The second-order valence-electron chi connectivity index (χ2n) is 2.56. The topological polar surface area (TPSA) is 50.7 Å². The predicted molar refractivity (Wildman–Crippen MR) is 69.1 cm³/mol. The van der Waals surface area contributed by atoms with E-state index in [1.807, 2.05) is 0 Å². The van der Waals surface area contributed by atoms with Crippen LogP contribution in [0.2, 0.25) is 0 Å². The summed E-state index contributed by atoms with van der Waals surface area (Å²) in [5.74, 6) is 0. The molecular weight excluding hydrogens is 230 g/mol. The molecule has 15 heavy (non-hydrogen) atoms. The first kappa shape index (κ1) is 11.8. The van der Waals surface area contributed by atoms with E-state index < -0.39 is 0 Å². The molecule has 0 atom stereocenters. The average Bonchev–Trinajstić information content (AvgIpc) is 2.20. The fourth-order valence-corrected chi connectivity index (χ4v) is 1.54. The summed E-state index contributed by atoms with van der Waals surface area (Å²) in [5.41, 5.74) is 7.10. The van der Waals surface area contributed by atoms with Crippen LogP contribution in [0.5, 0.6) is 0 Å². The van der Waals surface area contributed by atoms with Crippen LogP contribution < -0.4 is 5.73 Å². The van der Waals surface area contributed by atoms with Crippen LogP contribution in [0.15, 0.2) is 56.1 Å². The number of nitrogens with zero attached hydrogens (tertiary/aromatic N) is 2. The molecular formula is C10H10ClN3S. The summed E-state index contributed by atoms with van der Waals surface area (Å²) in [5, 5.41) is 10.2. The Bertz CT molecular complexity index is 405. The lowest BCUT2D eigenvalue weighted by atomic mass is 10.1. The van der Waals surface area contributed by atoms with Crippen molar-refractivity contribution in [2.75, 3.05) is 0 Å². The highest BCUT2D eigenvalue weighted by Gasteiger charge is 2.09. The number of halogens is 1. The second-order valence-corrected chi connectivity index (χ2v) is 3.98. The smallest absolute Gasteiger partial charge is 0.0794 e. The van der Waals surface area contributed by atoms with Crippen LogP contribution in [-0.4, -0.2) is 12.4 Å². The third-order valence-corrected chi connectivity index (χ3v) is 2.62. The van der Waals surface area contributed by atoms with E-state index in [0.717, 1.165) is 0 Å². The van der Waals surface area contributed by atoms with Crippen molar-refractivity contribution in [2.24, 2.45) is 15.9 Å². The Morgan fingerprint density at radius 1 is 1.53 bits per heavy atom. The van der Waals surface area contributed by atoms with Gasteiger partial charge in [0.2, 0.25) is 0 Å². The molecule has 2 N–H and O–H groups in total. The first-order valence-corrected chi connectivity index (χ1v) is 5.31. The largest absolute Gasteiger partial charge is 0.393 e. The number of thioether (sulfide) groups is 1. The van der Waals surface area contributed by atoms with Gasteiger partial charge in [-0.15, -0.1) is 0 Å². The zero-order chi connectivity index (χ0) is 11.3. The molecule has 0 saturated heterocycles. The SMILES string of the molecule is C=CSC(N)=C1C=N/N=C\C=C(\Cl)C1=C. The molecule has 0 fully saturated rings. The van der Waals surface area contributed by atoms with Gasteiger partial charge in [0.15, 0.2) is 0 Å². The van der Waals surface area contributed by atoms with Gasteiger partial charge in [-0.3, -0.25) is 0 Å². The molecule has 5 heteroatoms. The molecule has 0 bridgehead atoms. The normalized spacial score (nSPS) is 24.9. The van der Waals surface area contributed by atoms with Gasteiger partial charge >= 0.3 is 0 Å². The molecule has 0 spiro atoms. The standard InChI is InChI=1S/C10H10ClN3S/c1-3-15-10(12)8-6-14-13-5-4-9(11)7(8)2/h3-6H,1-2,12H2/b9-4+,10-8?,13-5-,14-6?. The van der Waals surface area contributed by atoms with E-state index in [-0.39, 0.29) is 0 Å². The van der Waals surface area contributed by atoms with E-state index in [1.165, 1.54) is 24.2 Å². The number of hydrogen-bond donors (Lipinski definition) is 1. The average molecular weight is 240 g/mol. The van der Waals surface area contributed by atoms with Crippen molar-refractivity contribution in [3.05, 3.63) is 45.8 Å². The highest BCUT2D eigenvalue weighted by atomic mass is 35.5. The predicted octanol–water partition coefficient (Wildman–Crippen LogP) is 2.78. The Morgan fingerprint density at radius 3 is 2.93 bits per heavy atom. The van der Waals surface area contributed by atoms with Gasteiger partial charge in [-0.05, 0) is 17.1 Å². The maximum Gasteiger partial charge on any atom is 0.0794 e. The minimum atomic E-state index is 0.493. The highest BCUT2D eigenvalue weighted by molar-refractivity contribution is 8.05. The molecule has 0 radical (unpaired) electrons. The molecule has 1 aliphatic rings. The molecule has 0 aromatic carbocycles. The van der Waals surface area contributed by atoms with Crippen molar-refractivity contribution in [2.45, 2.75) is 0 Å². The lowest BCUT2D eigenvalue weighted by Gasteiger charge is -2.08. The van der Waals surface area contributed by atoms with E-state index >= 15 is 0 Å². The van der Waals surface area contributed by atoms with E-state index in [1.54, 1.807) is 11.5 Å². The quantitative estimate of drug-likeness (QED) is 0.806. The molecule has 78 valence electrons. The Labute approximate surface area is 97.8 Å². The molecule has 1 heterocycles. The van der Waals surface area contributed by atoms with Gasteiger partial charge < -0.3 is 5.73 Å². The van der Waals surface area contributed by atoms with Crippen molar-refractivity contribution in [1.82, 2.24) is 0 Å². The molecule has 0 aromatic heterocycles. The fourth-order valence-electron chi connectivity index (χ4n) is 0.901. The molecule has 0 unspecified atom stereocenters. The van der Waals surface area contributed by atoms with Gasteiger partial charge in [-0.2, -0.15) is 10.2 Å². The zero-order valence-electron chi connectivity index (χ0n) is 7.98. The van der Waals surface area contributed by atoms with E-state index in [4.69, 9.17) is 17.3 Å². The van der Waals surface area contributed by atoms with Crippen LogP contribution in [0.1, 0.15) is 0 Å². The maximum absolute atomic E-state index is 5.97. The van der Waals surface area contributed by atoms with Crippen LogP contribution >= 0.6 is 23.4 Å². The lowest BCUT2D eigenvalue weighted by Crippen LogP contribution is -2.03. The summed E-state index contributed by atoms with van der Waals surface area (Å²) in [6.07, 6.45) is 4.64. The van der Waals surface area contributed by atoms with Gasteiger partial charge in [0.1, 0.15) is 0 Å². The zero-order valence-corrected chi connectivity index (χ0v) is 9.55. The first-order chi connectivity index (χ1) is 7.16. The Morgan fingerprint density at radius 2 is 2.27 bits per heavy atom. The summed E-state index contributed by atoms with van der Waals surface area (Å²) in [6.45, 7) is 7.42. The van der Waals surface area contributed by atoms with Gasteiger partial charge in [0.05, 0.1) is 17.5 Å². The van der Waals surface area contributed by atoms with Crippen LogP contribution in [0.4, 0.5) is 0 Å². The van der Waals surface area contributed by atoms with Gasteiger partial charge in [-0.25, -0.2) is 0 Å². The van der Waals surface area contributed by atoms with Crippen molar-refractivity contribution >= 4 is 35.8 Å². The third-order valence-electron chi connectivity index (χ3n) is 1.63. The third kappa shape index (κ3) is 3.11. The van der Waals surface area contributed by atoms with Crippen molar-refractivity contribution in [3.8, 4) is 0 Å². The van der Waals surface area contributed by atoms with Crippen LogP contribution in [0, 0.1) is 0 Å². The molecule has 1 aliphatic heterocycles. The van der Waals surface area contributed by atoms with Gasteiger partial charge in [-0.1, -0.05) is 36.5 Å². The summed E-state index contributed by atoms with van der Waals surface area (Å²) in [6, 6.07) is 0. The summed E-state index contributed by atoms with van der Waals surface area (Å²) >= 11 is 7.26. The molecule has 0 amide bonds. The summed E-state index contributed by atoms with van der Waals surface area (Å²) in [7, 11) is 0. The van der Waals surface area contributed by atoms with Crippen molar-refractivity contribution in [1.29, 1.82) is 0 Å². The molecule has 1 rings (SSSR count). The number of nitrogens with two attached hydrogens (primary N) is 1. The first-order valence-electron chi connectivity index (χ1n) is 4.06. The molecule has 0 aliphatic carbocycles. The Hall–Kier alpha value is -1.26. The Balaban J connectivity index is 3.17. The fraction of sp³-hybridized carbons (Fsp3) is 0. The van der Waals surface area contributed by atoms with Crippen molar-refractivity contribution in [3.63, 3.8) is 0 Å². The van der Waals surface area contributed by atoms with E-state index in [2.05, 4.69) is 23.4 Å². The van der Waals surface area contributed by atoms with Crippen LogP contribution in [-0.2, 0) is 0 Å². The van der Waals surface area contributed by atoms with Crippen LogP contribution in [0.3, 0.4) is 0 Å². The monoisotopic (exact) mass is 239 g/mol. The number of allylic oxidation sites excluding steroid dienone is 4. The Kier molecular flexibility index (Phi) is 4.39. The maximum atomic E-state index is 5.97. The van der Waals surface area contributed by atoms with Crippen molar-refractivity contribution < 1.29 is 0 Å². The van der Waals surface area contributed by atoms with Gasteiger partial charge in [0, 0.05) is 10.6 Å². The highest BCUT2D eigenvalue weighted by Crippen LogP contribution is 2.26. The summed E-state index contributed by atoms with van der Waals surface area (Å²) < 4.78 is 0. The van der Waals surface area contributed by atoms with E-state index in [0.29, 0.717) is 21.2 Å². The van der Waals surface area contributed by atoms with Gasteiger partial charge in [0.25, 0.3) is 0 Å². The second kappa shape index (κ2) is 5.58. The molecule has 0 saturated carbocycles. The number of hydrogen-bond acceptors (Lipinski definition) is 4.